The van der Waals surface area contributed by atoms with Gasteiger partial charge in [0.1, 0.15) is 0 Å². The Bertz CT molecular complexity index is 294. The van der Waals surface area contributed by atoms with Crippen LogP contribution < -0.4 is 0 Å². The van der Waals surface area contributed by atoms with Gasteiger partial charge in [0.05, 0.1) is 11.5 Å². The Hall–Kier alpha value is -1.65. The molecule has 0 aliphatic heterocycles. The van der Waals surface area contributed by atoms with Gasteiger partial charge in [0, 0.05) is 12.8 Å². The average Bonchev–Trinajstić information content (AvgIpc) is 2.27. The van der Waals surface area contributed by atoms with Crippen LogP contribution in [0.4, 0.5) is 4.79 Å². The summed E-state index contributed by atoms with van der Waals surface area (Å²) in [4.78, 5) is 11.7. The van der Waals surface area contributed by atoms with Crippen LogP contribution in [0.2, 0.25) is 0 Å². The van der Waals surface area contributed by atoms with Gasteiger partial charge in [0.25, 0.3) is 0 Å². The van der Waals surface area contributed by atoms with Gasteiger partial charge in [-0.2, -0.15) is 0 Å². The SMILES string of the molecule is C=C(C)OC(CCC)OC(=O)OC(CCC)OC(=C)C. The predicted octanol–water partition coefficient (Wildman–Crippen LogP) is 4.49. The molecule has 0 amide bonds. The Morgan fingerprint density at radius 2 is 1.20 bits per heavy atom. The maximum Gasteiger partial charge on any atom is 0.514 e. The molecule has 0 aromatic heterocycles. The number of hydrogen-bond acceptors (Lipinski definition) is 5. The van der Waals surface area contributed by atoms with Gasteiger partial charge in [0.2, 0.25) is 12.6 Å². The van der Waals surface area contributed by atoms with Crippen molar-refractivity contribution >= 4 is 6.16 Å². The Morgan fingerprint density at radius 1 is 0.850 bits per heavy atom. The molecule has 0 saturated heterocycles. The quantitative estimate of drug-likeness (QED) is 0.336. The summed E-state index contributed by atoms with van der Waals surface area (Å²) in [5, 5.41) is 0. The largest absolute Gasteiger partial charge is 0.514 e. The van der Waals surface area contributed by atoms with E-state index in [0.29, 0.717) is 24.4 Å². The molecule has 0 bridgehead atoms. The van der Waals surface area contributed by atoms with Gasteiger partial charge in [-0.15, -0.1) is 0 Å². The standard InChI is InChI=1S/C15H26O5/c1-7-9-13(17-11(3)4)19-15(16)20-14(10-8-2)18-12(5)6/h13-14H,3,5,7-10H2,1-2,4,6H3. The van der Waals surface area contributed by atoms with Crippen LogP contribution in [0, 0.1) is 0 Å². The summed E-state index contributed by atoms with van der Waals surface area (Å²) in [7, 11) is 0. The summed E-state index contributed by atoms with van der Waals surface area (Å²) >= 11 is 0. The zero-order chi connectivity index (χ0) is 15.5. The van der Waals surface area contributed by atoms with Gasteiger partial charge in [-0.05, 0) is 26.7 Å². The fourth-order valence-corrected chi connectivity index (χ4v) is 1.45. The van der Waals surface area contributed by atoms with E-state index >= 15 is 0 Å². The van der Waals surface area contributed by atoms with E-state index < -0.39 is 18.7 Å². The average molecular weight is 286 g/mol. The second-order valence-electron chi connectivity index (χ2n) is 4.56. The Labute approximate surface area is 121 Å². The van der Waals surface area contributed by atoms with Crippen molar-refractivity contribution in [2.45, 2.75) is 66.0 Å². The lowest BCUT2D eigenvalue weighted by atomic mass is 10.3. The third-order valence-corrected chi connectivity index (χ3v) is 2.17. The van der Waals surface area contributed by atoms with Crippen molar-refractivity contribution in [2.75, 3.05) is 0 Å². The number of carbonyl (C=O) groups is 1. The van der Waals surface area contributed by atoms with Gasteiger partial charge >= 0.3 is 6.16 Å². The number of rotatable bonds is 10. The highest BCUT2D eigenvalue weighted by Gasteiger charge is 2.20. The van der Waals surface area contributed by atoms with E-state index in [1.165, 1.54) is 0 Å². The summed E-state index contributed by atoms with van der Waals surface area (Å²) in [6.07, 6.45) is 0.583. The highest BCUT2D eigenvalue weighted by molar-refractivity contribution is 5.60. The zero-order valence-corrected chi connectivity index (χ0v) is 12.9. The number of hydrogen-bond donors (Lipinski definition) is 0. The third kappa shape index (κ3) is 9.30. The molecular weight excluding hydrogens is 260 g/mol. The van der Waals surface area contributed by atoms with Crippen molar-refractivity contribution in [3.63, 3.8) is 0 Å². The van der Waals surface area contributed by atoms with E-state index in [1.807, 2.05) is 13.8 Å². The Morgan fingerprint density at radius 3 is 1.45 bits per heavy atom. The summed E-state index contributed by atoms with van der Waals surface area (Å²) in [5.74, 6) is 0.971. The normalized spacial score (nSPS) is 13.0. The summed E-state index contributed by atoms with van der Waals surface area (Å²) < 4.78 is 20.8. The molecule has 0 heterocycles. The number of carbonyl (C=O) groups excluding carboxylic acids is 1. The highest BCUT2D eigenvalue weighted by Crippen LogP contribution is 2.13. The van der Waals surface area contributed by atoms with E-state index in [4.69, 9.17) is 18.9 Å². The molecule has 0 aliphatic carbocycles. The maximum absolute atomic E-state index is 11.7. The van der Waals surface area contributed by atoms with Crippen LogP contribution >= 0.6 is 0 Å². The van der Waals surface area contributed by atoms with Crippen LogP contribution in [0.1, 0.15) is 53.4 Å². The van der Waals surface area contributed by atoms with Crippen LogP contribution in [0.3, 0.4) is 0 Å². The first-order valence-electron chi connectivity index (χ1n) is 6.90. The zero-order valence-electron chi connectivity index (χ0n) is 12.9. The molecule has 0 radical (unpaired) electrons. The molecule has 0 aliphatic rings. The van der Waals surface area contributed by atoms with Gasteiger partial charge < -0.3 is 18.9 Å². The van der Waals surface area contributed by atoms with Gasteiger partial charge in [-0.25, -0.2) is 4.79 Å². The first-order chi connectivity index (χ1) is 9.38. The first kappa shape index (κ1) is 18.4. The number of allylic oxidation sites excluding steroid dienone is 2. The van der Waals surface area contributed by atoms with E-state index in [-0.39, 0.29) is 0 Å². The topological polar surface area (TPSA) is 54.0 Å². The van der Waals surface area contributed by atoms with E-state index in [0.717, 1.165) is 12.8 Å². The van der Waals surface area contributed by atoms with Crippen molar-refractivity contribution in [3.05, 3.63) is 24.7 Å². The lowest BCUT2D eigenvalue weighted by Gasteiger charge is -2.22. The lowest BCUT2D eigenvalue weighted by molar-refractivity contribution is -0.142. The molecule has 116 valence electrons. The minimum absolute atomic E-state index is 0.486. The second kappa shape index (κ2) is 10.2. The molecular formula is C15H26O5. The molecule has 2 unspecified atom stereocenters. The lowest BCUT2D eigenvalue weighted by Crippen LogP contribution is -2.26. The van der Waals surface area contributed by atoms with Crippen LogP contribution in [-0.4, -0.2) is 18.7 Å². The third-order valence-electron chi connectivity index (χ3n) is 2.17. The molecule has 0 N–H and O–H groups in total. The highest BCUT2D eigenvalue weighted by atomic mass is 16.8. The predicted molar refractivity (Wildman–Crippen MR) is 76.8 cm³/mol. The molecule has 0 fully saturated rings. The van der Waals surface area contributed by atoms with E-state index in [9.17, 15) is 4.79 Å². The van der Waals surface area contributed by atoms with Crippen LogP contribution in [0.25, 0.3) is 0 Å². The van der Waals surface area contributed by atoms with Crippen molar-refractivity contribution in [1.29, 1.82) is 0 Å². The second-order valence-corrected chi connectivity index (χ2v) is 4.56. The van der Waals surface area contributed by atoms with Crippen LogP contribution in [-0.2, 0) is 18.9 Å². The fraction of sp³-hybridized carbons (Fsp3) is 0.667. The monoisotopic (exact) mass is 286 g/mol. The van der Waals surface area contributed by atoms with Crippen molar-refractivity contribution in [2.24, 2.45) is 0 Å². The maximum atomic E-state index is 11.7. The molecule has 20 heavy (non-hydrogen) atoms. The molecule has 2 atom stereocenters. The van der Waals surface area contributed by atoms with E-state index in [1.54, 1.807) is 13.8 Å². The smallest absolute Gasteiger partial charge is 0.460 e. The van der Waals surface area contributed by atoms with Gasteiger partial charge in [0.15, 0.2) is 0 Å². The first-order valence-corrected chi connectivity index (χ1v) is 6.90. The minimum atomic E-state index is -0.815. The van der Waals surface area contributed by atoms with Gasteiger partial charge in [-0.3, -0.25) is 0 Å². The van der Waals surface area contributed by atoms with Crippen molar-refractivity contribution in [1.82, 2.24) is 0 Å². The fourth-order valence-electron chi connectivity index (χ4n) is 1.45. The summed E-state index contributed by atoms with van der Waals surface area (Å²) in [6.45, 7) is 14.6. The Balaban J connectivity index is 4.38. The minimum Gasteiger partial charge on any atom is -0.460 e. The van der Waals surface area contributed by atoms with Crippen molar-refractivity contribution in [3.8, 4) is 0 Å². The van der Waals surface area contributed by atoms with Crippen LogP contribution in [0.15, 0.2) is 24.7 Å². The molecule has 0 spiro atoms. The molecule has 0 rings (SSSR count). The summed E-state index contributed by atoms with van der Waals surface area (Å²) in [5.41, 5.74) is 0. The van der Waals surface area contributed by atoms with Crippen molar-refractivity contribution < 1.29 is 23.7 Å². The van der Waals surface area contributed by atoms with Gasteiger partial charge in [-0.1, -0.05) is 27.0 Å². The molecule has 0 saturated carbocycles. The summed E-state index contributed by atoms with van der Waals surface area (Å²) in [6, 6.07) is 0. The molecule has 0 aromatic rings. The molecule has 5 nitrogen and oxygen atoms in total. The Kier molecular flexibility index (Phi) is 9.34. The molecule has 0 aromatic carbocycles. The molecule has 5 heteroatoms. The number of ether oxygens (including phenoxy) is 4. The van der Waals surface area contributed by atoms with Crippen LogP contribution in [0.5, 0.6) is 0 Å². The van der Waals surface area contributed by atoms with E-state index in [2.05, 4.69) is 13.2 Å².